The van der Waals surface area contributed by atoms with Gasteiger partial charge in [-0.05, 0) is 34.6 Å². The van der Waals surface area contributed by atoms with Gasteiger partial charge in [0.25, 0.3) is 0 Å². The fourth-order valence-electron chi connectivity index (χ4n) is 2.48. The summed E-state index contributed by atoms with van der Waals surface area (Å²) < 4.78 is 15.1. The maximum absolute atomic E-state index is 12.8. The number of amides is 2. The summed E-state index contributed by atoms with van der Waals surface area (Å²) in [6.07, 6.45) is -2.88. The van der Waals surface area contributed by atoms with Crippen molar-refractivity contribution in [1.29, 1.82) is 0 Å². The fraction of sp³-hybridized carbons (Fsp3) is 0.727. The molecule has 0 aliphatic heterocycles. The lowest BCUT2D eigenvalue weighted by Gasteiger charge is -2.37. The number of carboxylic acid groups (broad SMARTS) is 2. The molecule has 0 aromatic heterocycles. The molecule has 2 amide bonds. The summed E-state index contributed by atoms with van der Waals surface area (Å²) in [6, 6.07) is -1.52. The average molecular weight is 505 g/mol. The van der Waals surface area contributed by atoms with Gasteiger partial charge in [-0.15, -0.1) is 0 Å². The summed E-state index contributed by atoms with van der Waals surface area (Å²) in [7, 11) is 0. The molecule has 0 aromatic rings. The van der Waals surface area contributed by atoms with Gasteiger partial charge in [-0.2, -0.15) is 0 Å². The number of hydrogen-bond acceptors (Lipinski definition) is 9. The zero-order chi connectivity index (χ0) is 27.8. The molecule has 0 saturated heterocycles. The van der Waals surface area contributed by atoms with Crippen LogP contribution < -0.4 is 5.32 Å². The molecule has 13 nitrogen and oxygen atoms in total. The van der Waals surface area contributed by atoms with E-state index < -0.39 is 78.0 Å². The number of nitrogens with zero attached hydrogens (tertiary/aromatic N) is 1. The van der Waals surface area contributed by atoms with Crippen LogP contribution in [0.3, 0.4) is 0 Å². The van der Waals surface area contributed by atoms with E-state index in [0.29, 0.717) is 4.90 Å². The molecule has 0 rings (SSSR count). The second-order valence-electron chi connectivity index (χ2n) is 9.94. The van der Waals surface area contributed by atoms with Crippen LogP contribution in [0.15, 0.2) is 0 Å². The minimum absolute atomic E-state index is 0.0202. The molecule has 200 valence electrons. The predicted molar refractivity (Wildman–Crippen MR) is 120 cm³/mol. The largest absolute Gasteiger partial charge is 0.481 e. The van der Waals surface area contributed by atoms with Gasteiger partial charge >= 0.3 is 30.0 Å². The molecule has 0 saturated carbocycles. The third-order valence-electron chi connectivity index (χ3n) is 4.45. The highest BCUT2D eigenvalue weighted by Gasteiger charge is 2.47. The first-order chi connectivity index (χ1) is 15.7. The molecule has 3 N–H and O–H groups in total. The number of carbonyl (C=O) groups excluding carboxylic acids is 4. The fourth-order valence-corrected chi connectivity index (χ4v) is 2.48. The van der Waals surface area contributed by atoms with E-state index in [2.05, 4.69) is 5.32 Å². The van der Waals surface area contributed by atoms with Gasteiger partial charge in [0.15, 0.2) is 12.3 Å². The van der Waals surface area contributed by atoms with Gasteiger partial charge in [0.05, 0.1) is 19.4 Å². The summed E-state index contributed by atoms with van der Waals surface area (Å²) in [5.41, 5.74) is -4.38. The Hall–Kier alpha value is -3.38. The van der Waals surface area contributed by atoms with Crippen LogP contribution in [-0.2, 0) is 38.2 Å². The van der Waals surface area contributed by atoms with Crippen molar-refractivity contribution < 1.29 is 53.2 Å². The van der Waals surface area contributed by atoms with E-state index in [1.807, 2.05) is 0 Å². The van der Waals surface area contributed by atoms with E-state index >= 15 is 0 Å². The third kappa shape index (κ3) is 10.6. The molecule has 2 atom stereocenters. The van der Waals surface area contributed by atoms with E-state index in [1.165, 1.54) is 20.8 Å². The zero-order valence-electron chi connectivity index (χ0n) is 21.4. The van der Waals surface area contributed by atoms with Crippen LogP contribution in [-0.4, -0.2) is 81.5 Å². The number of ether oxygens (including phenoxy) is 3. The van der Waals surface area contributed by atoms with Crippen LogP contribution in [0.25, 0.3) is 0 Å². The van der Waals surface area contributed by atoms with Gasteiger partial charge in [0.1, 0.15) is 11.6 Å². The number of hydrogen-bond donors (Lipinski definition) is 3. The lowest BCUT2D eigenvalue weighted by Crippen LogP contribution is -2.58. The first kappa shape index (κ1) is 31.6. The van der Waals surface area contributed by atoms with Crippen molar-refractivity contribution in [2.75, 3.05) is 13.3 Å². The Balaban J connectivity index is 6.01. The smallest absolute Gasteiger partial charge is 0.413 e. The molecule has 0 aliphatic carbocycles. The van der Waals surface area contributed by atoms with Crippen molar-refractivity contribution in [3.63, 3.8) is 0 Å². The van der Waals surface area contributed by atoms with E-state index in [1.54, 1.807) is 27.7 Å². The first-order valence-corrected chi connectivity index (χ1v) is 10.8. The van der Waals surface area contributed by atoms with Gasteiger partial charge in [0.2, 0.25) is 5.91 Å². The molecule has 0 heterocycles. The highest BCUT2D eigenvalue weighted by Crippen LogP contribution is 2.24. The van der Waals surface area contributed by atoms with Crippen LogP contribution in [0, 0.1) is 5.41 Å². The first-order valence-electron chi connectivity index (χ1n) is 10.8. The standard InChI is InChI=1S/C22H36N2O11/c1-9-33-15(27)10-13(23-17(29)20(2,3)4)16(28)34-12-24(19(32)35-21(5,6)7)22(8,18(30)31)11-14(25)26/h13H,9-12H2,1-8H3,(H,23,29)(H,25,26)(H,30,31). The molecule has 2 unspecified atom stereocenters. The lowest BCUT2D eigenvalue weighted by atomic mass is 9.95. The monoisotopic (exact) mass is 504 g/mol. The molecule has 0 fully saturated rings. The molecular formula is C22H36N2O11. The highest BCUT2D eigenvalue weighted by atomic mass is 16.6. The second-order valence-corrected chi connectivity index (χ2v) is 9.94. The summed E-state index contributed by atoms with van der Waals surface area (Å²) in [5, 5.41) is 21.3. The van der Waals surface area contributed by atoms with Crippen molar-refractivity contribution in [2.24, 2.45) is 5.41 Å². The Morgan fingerprint density at radius 2 is 1.46 bits per heavy atom. The van der Waals surface area contributed by atoms with E-state index in [0.717, 1.165) is 6.92 Å². The number of esters is 2. The van der Waals surface area contributed by atoms with Crippen LogP contribution >= 0.6 is 0 Å². The molecule has 0 spiro atoms. The van der Waals surface area contributed by atoms with E-state index in [4.69, 9.17) is 14.2 Å². The van der Waals surface area contributed by atoms with Gasteiger partial charge in [0, 0.05) is 5.41 Å². The van der Waals surface area contributed by atoms with Crippen molar-refractivity contribution >= 4 is 35.9 Å². The Bertz CT molecular complexity index is 826. The van der Waals surface area contributed by atoms with E-state index in [9.17, 15) is 39.0 Å². The number of aliphatic carboxylic acids is 2. The van der Waals surface area contributed by atoms with Crippen molar-refractivity contribution in [2.45, 2.75) is 85.4 Å². The van der Waals surface area contributed by atoms with E-state index in [-0.39, 0.29) is 6.61 Å². The van der Waals surface area contributed by atoms with Gasteiger partial charge in [-0.3, -0.25) is 19.3 Å². The number of rotatable bonds is 11. The maximum Gasteiger partial charge on any atom is 0.413 e. The van der Waals surface area contributed by atoms with Gasteiger partial charge < -0.3 is 29.7 Å². The van der Waals surface area contributed by atoms with Crippen molar-refractivity contribution in [3.05, 3.63) is 0 Å². The topological polar surface area (TPSA) is 186 Å². The summed E-state index contributed by atoms with van der Waals surface area (Å²) in [5.74, 6) is -5.80. The molecular weight excluding hydrogens is 468 g/mol. The molecule has 0 bridgehead atoms. The molecule has 0 aromatic carbocycles. The normalized spacial score (nSPS) is 14.1. The summed E-state index contributed by atoms with van der Waals surface area (Å²) in [6.45, 7) is 10.7. The SMILES string of the molecule is CCOC(=O)CC(NC(=O)C(C)(C)C)C(=O)OCN(C(=O)OC(C)(C)C)C(C)(CC(=O)O)C(=O)O. The summed E-state index contributed by atoms with van der Waals surface area (Å²) in [4.78, 5) is 73.6. The van der Waals surface area contributed by atoms with Crippen LogP contribution in [0.4, 0.5) is 4.79 Å². The van der Waals surface area contributed by atoms with Gasteiger partial charge in [-0.25, -0.2) is 14.4 Å². The molecule has 35 heavy (non-hydrogen) atoms. The van der Waals surface area contributed by atoms with Crippen molar-refractivity contribution in [3.8, 4) is 0 Å². The van der Waals surface area contributed by atoms with Crippen molar-refractivity contribution in [1.82, 2.24) is 10.2 Å². The lowest BCUT2D eigenvalue weighted by molar-refractivity contribution is -0.167. The van der Waals surface area contributed by atoms with Crippen LogP contribution in [0.2, 0.25) is 0 Å². The maximum atomic E-state index is 12.8. The summed E-state index contributed by atoms with van der Waals surface area (Å²) >= 11 is 0. The highest BCUT2D eigenvalue weighted by molar-refractivity contribution is 5.91. The molecule has 13 heteroatoms. The number of carboxylic acids is 2. The predicted octanol–water partition coefficient (Wildman–Crippen LogP) is 1.53. The minimum Gasteiger partial charge on any atom is -0.481 e. The van der Waals surface area contributed by atoms with Gasteiger partial charge in [-0.1, -0.05) is 20.8 Å². The van der Waals surface area contributed by atoms with Crippen LogP contribution in [0.1, 0.15) is 68.2 Å². The Labute approximate surface area is 204 Å². The number of carbonyl (C=O) groups is 6. The Morgan fingerprint density at radius 3 is 1.86 bits per heavy atom. The quantitative estimate of drug-likeness (QED) is 0.210. The third-order valence-corrected chi connectivity index (χ3v) is 4.45. The zero-order valence-corrected chi connectivity index (χ0v) is 21.4. The Kier molecular flexibility index (Phi) is 11.2. The molecule has 0 aliphatic rings. The number of nitrogens with one attached hydrogen (secondary N) is 1. The van der Waals surface area contributed by atoms with Crippen LogP contribution in [0.5, 0.6) is 0 Å². The molecule has 0 radical (unpaired) electrons. The minimum atomic E-state index is -2.36. The Morgan fingerprint density at radius 1 is 0.914 bits per heavy atom. The second kappa shape index (κ2) is 12.4. The average Bonchev–Trinajstić information content (AvgIpc) is 2.64.